The van der Waals surface area contributed by atoms with Gasteiger partial charge in [0.15, 0.2) is 0 Å². The van der Waals surface area contributed by atoms with Crippen LogP contribution in [0.25, 0.3) is 10.9 Å². The number of aromatic amines is 1. The van der Waals surface area contributed by atoms with Crippen molar-refractivity contribution >= 4 is 28.4 Å². The lowest BCUT2D eigenvalue weighted by Gasteiger charge is -2.17. The first-order valence-electron chi connectivity index (χ1n) is 10.3. The molecule has 1 aliphatic rings. The van der Waals surface area contributed by atoms with E-state index in [1.54, 1.807) is 19.2 Å². The molecule has 1 aliphatic carbocycles. The summed E-state index contributed by atoms with van der Waals surface area (Å²) >= 11 is 0. The number of amides is 2. The molecule has 30 heavy (non-hydrogen) atoms. The van der Waals surface area contributed by atoms with Crippen LogP contribution in [0.2, 0.25) is 0 Å². The van der Waals surface area contributed by atoms with Gasteiger partial charge >= 0.3 is 0 Å². The van der Waals surface area contributed by atoms with Crippen molar-refractivity contribution in [1.82, 2.24) is 10.3 Å². The third-order valence-electron chi connectivity index (χ3n) is 5.75. The monoisotopic (exact) mass is 405 g/mol. The van der Waals surface area contributed by atoms with Crippen LogP contribution in [-0.2, 0) is 17.6 Å². The fraction of sp³-hybridized carbons (Fsp3) is 0.333. The maximum Gasteiger partial charge on any atom is 0.253 e. The number of fused-ring (bicyclic) bond motifs is 3. The summed E-state index contributed by atoms with van der Waals surface area (Å²) in [6.45, 7) is 4.08. The molecule has 0 bridgehead atoms. The molecule has 1 aromatic heterocycles. The van der Waals surface area contributed by atoms with Gasteiger partial charge in [-0.25, -0.2) is 0 Å². The van der Waals surface area contributed by atoms with Gasteiger partial charge in [0, 0.05) is 11.1 Å². The molecule has 6 nitrogen and oxygen atoms in total. The SMILES string of the molecule is COc1ccc(C)cc1NC(=O)CNC(=O)c1cccc2c3c([nH]c12)CCC(C)C3. The average molecular weight is 405 g/mol. The number of rotatable bonds is 5. The van der Waals surface area contributed by atoms with Crippen molar-refractivity contribution in [3.8, 4) is 5.75 Å². The van der Waals surface area contributed by atoms with Crippen LogP contribution in [0.5, 0.6) is 5.75 Å². The second kappa shape index (κ2) is 8.22. The van der Waals surface area contributed by atoms with Crippen LogP contribution >= 0.6 is 0 Å². The van der Waals surface area contributed by atoms with Crippen LogP contribution in [0.15, 0.2) is 36.4 Å². The predicted octanol–water partition coefficient (Wildman–Crippen LogP) is 3.98. The number of methoxy groups -OCH3 is 1. The van der Waals surface area contributed by atoms with E-state index in [0.29, 0.717) is 22.9 Å². The third-order valence-corrected chi connectivity index (χ3v) is 5.75. The molecule has 3 aromatic rings. The van der Waals surface area contributed by atoms with Crippen LogP contribution in [0.4, 0.5) is 5.69 Å². The summed E-state index contributed by atoms with van der Waals surface area (Å²) in [7, 11) is 1.56. The molecular weight excluding hydrogens is 378 g/mol. The quantitative estimate of drug-likeness (QED) is 0.600. The lowest BCUT2D eigenvalue weighted by Crippen LogP contribution is -2.33. The van der Waals surface area contributed by atoms with Crippen molar-refractivity contribution < 1.29 is 14.3 Å². The molecule has 1 atom stereocenters. The van der Waals surface area contributed by atoms with E-state index in [-0.39, 0.29) is 18.4 Å². The van der Waals surface area contributed by atoms with Crippen LogP contribution in [-0.4, -0.2) is 30.5 Å². The molecule has 4 rings (SSSR count). The first kappa shape index (κ1) is 20.0. The van der Waals surface area contributed by atoms with Crippen LogP contribution in [0.3, 0.4) is 0 Å². The fourth-order valence-corrected chi connectivity index (χ4v) is 4.17. The molecule has 1 unspecified atom stereocenters. The molecule has 1 heterocycles. The molecule has 0 radical (unpaired) electrons. The largest absolute Gasteiger partial charge is 0.495 e. The van der Waals surface area contributed by atoms with Crippen LogP contribution < -0.4 is 15.4 Å². The summed E-state index contributed by atoms with van der Waals surface area (Å²) < 4.78 is 5.29. The highest BCUT2D eigenvalue weighted by Crippen LogP contribution is 2.33. The molecule has 2 aromatic carbocycles. The Morgan fingerprint density at radius 1 is 1.23 bits per heavy atom. The van der Waals surface area contributed by atoms with Crippen molar-refractivity contribution in [2.24, 2.45) is 5.92 Å². The molecule has 156 valence electrons. The minimum atomic E-state index is -0.306. The molecule has 6 heteroatoms. The van der Waals surface area contributed by atoms with Gasteiger partial charge in [-0.2, -0.15) is 0 Å². The number of benzene rings is 2. The van der Waals surface area contributed by atoms with Crippen LogP contribution in [0.1, 0.15) is 40.5 Å². The molecule has 0 aliphatic heterocycles. The van der Waals surface area contributed by atoms with Gasteiger partial charge in [0.05, 0.1) is 30.4 Å². The second-order valence-electron chi connectivity index (χ2n) is 8.09. The average Bonchev–Trinajstić information content (AvgIpc) is 3.10. The van der Waals surface area contributed by atoms with Gasteiger partial charge in [0.25, 0.3) is 5.91 Å². The first-order valence-corrected chi connectivity index (χ1v) is 10.3. The molecule has 0 saturated carbocycles. The number of aryl methyl sites for hydroxylation is 2. The van der Waals surface area contributed by atoms with Gasteiger partial charge in [-0.05, 0) is 61.4 Å². The number of carbonyl (C=O) groups is 2. The van der Waals surface area contributed by atoms with Crippen molar-refractivity contribution in [3.63, 3.8) is 0 Å². The van der Waals surface area contributed by atoms with Crippen molar-refractivity contribution in [1.29, 1.82) is 0 Å². The zero-order valence-corrected chi connectivity index (χ0v) is 17.6. The van der Waals surface area contributed by atoms with Gasteiger partial charge in [0.2, 0.25) is 5.91 Å². The maximum atomic E-state index is 12.8. The number of carbonyl (C=O) groups excluding carboxylic acids is 2. The van der Waals surface area contributed by atoms with Gasteiger partial charge in [-0.1, -0.05) is 25.1 Å². The smallest absolute Gasteiger partial charge is 0.253 e. The zero-order valence-electron chi connectivity index (χ0n) is 17.6. The fourth-order valence-electron chi connectivity index (χ4n) is 4.17. The molecule has 2 amide bonds. The standard InChI is InChI=1S/C24H27N3O3/c1-14-7-9-19-18(11-14)16-5-4-6-17(23(16)27-19)24(29)25-13-22(28)26-20-12-15(2)8-10-21(20)30-3/h4-6,8,10,12,14,27H,7,9,11,13H2,1-3H3,(H,25,29)(H,26,28). The Morgan fingerprint density at radius 2 is 2.07 bits per heavy atom. The van der Waals surface area contributed by atoms with E-state index < -0.39 is 0 Å². The Hall–Kier alpha value is -3.28. The normalized spacial score (nSPS) is 15.5. The van der Waals surface area contributed by atoms with E-state index in [1.807, 2.05) is 25.1 Å². The summed E-state index contributed by atoms with van der Waals surface area (Å²) in [6.07, 6.45) is 3.19. The summed E-state index contributed by atoms with van der Waals surface area (Å²) in [6, 6.07) is 11.3. The lowest BCUT2D eigenvalue weighted by atomic mass is 9.87. The topological polar surface area (TPSA) is 83.2 Å². The maximum absolute atomic E-state index is 12.8. The van der Waals surface area contributed by atoms with E-state index in [9.17, 15) is 9.59 Å². The highest BCUT2D eigenvalue weighted by molar-refractivity contribution is 6.08. The number of para-hydroxylation sites is 1. The lowest BCUT2D eigenvalue weighted by molar-refractivity contribution is -0.115. The second-order valence-corrected chi connectivity index (χ2v) is 8.09. The minimum Gasteiger partial charge on any atom is -0.495 e. The van der Waals surface area contributed by atoms with Crippen LogP contribution in [0, 0.1) is 12.8 Å². The highest BCUT2D eigenvalue weighted by Gasteiger charge is 2.22. The number of nitrogens with one attached hydrogen (secondary N) is 3. The van der Waals surface area contributed by atoms with E-state index >= 15 is 0 Å². The van der Waals surface area contributed by atoms with Crippen molar-refractivity contribution in [2.75, 3.05) is 19.0 Å². The Morgan fingerprint density at radius 3 is 2.87 bits per heavy atom. The number of hydrogen-bond donors (Lipinski definition) is 3. The first-order chi connectivity index (χ1) is 14.5. The summed E-state index contributed by atoms with van der Waals surface area (Å²) in [5.41, 5.74) is 5.57. The summed E-state index contributed by atoms with van der Waals surface area (Å²) in [5.74, 6) is 0.658. The van der Waals surface area contributed by atoms with E-state index in [4.69, 9.17) is 4.74 Å². The molecule has 0 saturated heterocycles. The number of hydrogen-bond acceptors (Lipinski definition) is 3. The Balaban J connectivity index is 1.48. The van der Waals surface area contributed by atoms with Gasteiger partial charge in [-0.3, -0.25) is 9.59 Å². The Bertz CT molecular complexity index is 1120. The molecule has 0 fully saturated rings. The summed E-state index contributed by atoms with van der Waals surface area (Å²) in [4.78, 5) is 28.7. The Kier molecular flexibility index (Phi) is 5.48. The zero-order chi connectivity index (χ0) is 21.3. The highest BCUT2D eigenvalue weighted by atomic mass is 16.5. The minimum absolute atomic E-state index is 0.121. The predicted molar refractivity (Wildman–Crippen MR) is 118 cm³/mol. The third kappa shape index (κ3) is 3.90. The van der Waals surface area contributed by atoms with E-state index in [1.165, 1.54) is 11.3 Å². The number of aromatic nitrogens is 1. The molecule has 3 N–H and O–H groups in total. The summed E-state index contributed by atoms with van der Waals surface area (Å²) in [5, 5.41) is 6.65. The number of anilines is 1. The van der Waals surface area contributed by atoms with Gasteiger partial charge in [0.1, 0.15) is 5.75 Å². The Labute approximate surface area is 176 Å². The van der Waals surface area contributed by atoms with Crippen molar-refractivity contribution in [2.45, 2.75) is 33.1 Å². The van der Waals surface area contributed by atoms with Crippen molar-refractivity contribution in [3.05, 3.63) is 58.8 Å². The number of ether oxygens (including phenoxy) is 1. The number of H-pyrrole nitrogens is 1. The van der Waals surface area contributed by atoms with E-state index in [2.05, 4.69) is 28.6 Å². The van der Waals surface area contributed by atoms with Gasteiger partial charge < -0.3 is 20.4 Å². The molecule has 0 spiro atoms. The molecular formula is C24H27N3O3. The van der Waals surface area contributed by atoms with E-state index in [0.717, 1.165) is 35.7 Å². The van der Waals surface area contributed by atoms with Gasteiger partial charge in [-0.15, -0.1) is 0 Å².